The van der Waals surface area contributed by atoms with Crippen molar-refractivity contribution in [2.24, 2.45) is 0 Å². The molecule has 0 aliphatic carbocycles. The normalized spacial score (nSPS) is 10.9. The Bertz CT molecular complexity index is 1180. The SMILES string of the molecule is CCOc1ccc2oc(-c3csc(NC(=O)CCCSc4ccc(OC)cc4)n3)cc2c1. The number of carbonyl (C=O) groups excluding carboxylic acids is 1. The van der Waals surface area contributed by atoms with Gasteiger partial charge in [0.1, 0.15) is 22.8 Å². The second-order valence-electron chi connectivity index (χ2n) is 6.96. The summed E-state index contributed by atoms with van der Waals surface area (Å²) in [7, 11) is 1.65. The lowest BCUT2D eigenvalue weighted by Crippen LogP contribution is -2.11. The van der Waals surface area contributed by atoms with Crippen molar-refractivity contribution in [2.75, 3.05) is 24.8 Å². The number of methoxy groups -OCH3 is 1. The summed E-state index contributed by atoms with van der Waals surface area (Å²) in [5, 5.41) is 6.30. The van der Waals surface area contributed by atoms with Crippen LogP contribution < -0.4 is 14.8 Å². The predicted molar refractivity (Wildman–Crippen MR) is 130 cm³/mol. The number of rotatable bonds is 10. The van der Waals surface area contributed by atoms with Crippen molar-refractivity contribution in [3.8, 4) is 23.0 Å². The molecular weight excluding hydrogens is 444 g/mol. The average molecular weight is 469 g/mol. The first-order valence-corrected chi connectivity index (χ1v) is 12.2. The number of nitrogens with zero attached hydrogens (tertiary/aromatic N) is 1. The largest absolute Gasteiger partial charge is 0.497 e. The first-order chi connectivity index (χ1) is 15.6. The number of amides is 1. The Morgan fingerprint density at radius 1 is 1.16 bits per heavy atom. The van der Waals surface area contributed by atoms with Crippen LogP contribution in [0.2, 0.25) is 0 Å². The molecule has 2 aromatic heterocycles. The number of thioether (sulfide) groups is 1. The number of hydrogen-bond acceptors (Lipinski definition) is 7. The minimum atomic E-state index is -0.0350. The van der Waals surface area contributed by atoms with Crippen LogP contribution in [-0.4, -0.2) is 30.4 Å². The van der Waals surface area contributed by atoms with Crippen LogP contribution in [0.4, 0.5) is 5.13 Å². The molecule has 1 N–H and O–H groups in total. The van der Waals surface area contributed by atoms with Crippen LogP contribution >= 0.6 is 23.1 Å². The van der Waals surface area contributed by atoms with Crippen LogP contribution in [0, 0.1) is 0 Å². The van der Waals surface area contributed by atoms with Gasteiger partial charge >= 0.3 is 0 Å². The highest BCUT2D eigenvalue weighted by Crippen LogP contribution is 2.32. The lowest BCUT2D eigenvalue weighted by atomic mass is 10.2. The standard InChI is InChI=1S/C24H24N2O4S2/c1-3-29-18-8-11-21-16(13-18)14-22(30-21)20-15-32-24(25-20)26-23(27)5-4-12-31-19-9-6-17(28-2)7-10-19/h6-11,13-15H,3-5,12H2,1-2H3,(H,25,26,27). The number of anilines is 1. The lowest BCUT2D eigenvalue weighted by molar-refractivity contribution is -0.116. The van der Waals surface area contributed by atoms with E-state index in [0.29, 0.717) is 29.6 Å². The van der Waals surface area contributed by atoms with Gasteiger partial charge in [-0.15, -0.1) is 23.1 Å². The maximum atomic E-state index is 12.3. The maximum absolute atomic E-state index is 12.3. The lowest BCUT2D eigenvalue weighted by Gasteiger charge is -2.04. The van der Waals surface area contributed by atoms with Crippen molar-refractivity contribution in [1.29, 1.82) is 0 Å². The number of fused-ring (bicyclic) bond motifs is 1. The molecule has 0 spiro atoms. The fraction of sp³-hybridized carbons (Fsp3) is 0.250. The van der Waals surface area contributed by atoms with Gasteiger partial charge in [-0.2, -0.15) is 0 Å². The monoisotopic (exact) mass is 468 g/mol. The number of furan rings is 1. The second-order valence-corrected chi connectivity index (χ2v) is 8.98. The van der Waals surface area contributed by atoms with E-state index in [1.165, 1.54) is 11.3 Å². The van der Waals surface area contributed by atoms with E-state index in [4.69, 9.17) is 13.9 Å². The highest BCUT2D eigenvalue weighted by atomic mass is 32.2. The Morgan fingerprint density at radius 2 is 1.97 bits per heavy atom. The molecule has 1 amide bonds. The minimum absolute atomic E-state index is 0.0350. The molecule has 32 heavy (non-hydrogen) atoms. The molecule has 0 bridgehead atoms. The third-order valence-corrected chi connectivity index (χ3v) is 6.53. The number of benzene rings is 2. The third-order valence-electron chi connectivity index (χ3n) is 4.68. The number of nitrogens with one attached hydrogen (secondary N) is 1. The molecule has 0 saturated carbocycles. The van der Waals surface area contributed by atoms with Crippen molar-refractivity contribution >= 4 is 45.1 Å². The van der Waals surface area contributed by atoms with E-state index >= 15 is 0 Å². The van der Waals surface area contributed by atoms with E-state index in [1.807, 2.05) is 60.8 Å². The number of aromatic nitrogens is 1. The molecule has 0 saturated heterocycles. The minimum Gasteiger partial charge on any atom is -0.497 e. The molecular formula is C24H24N2O4S2. The van der Waals surface area contributed by atoms with Crippen molar-refractivity contribution in [2.45, 2.75) is 24.7 Å². The van der Waals surface area contributed by atoms with Gasteiger partial charge in [0.2, 0.25) is 5.91 Å². The van der Waals surface area contributed by atoms with Gasteiger partial charge in [0.05, 0.1) is 13.7 Å². The summed E-state index contributed by atoms with van der Waals surface area (Å²) in [6.07, 6.45) is 1.23. The summed E-state index contributed by atoms with van der Waals surface area (Å²) in [6, 6.07) is 15.6. The molecule has 4 rings (SSSR count). The van der Waals surface area contributed by atoms with Gasteiger partial charge in [0.15, 0.2) is 10.9 Å². The number of ether oxygens (including phenoxy) is 2. The number of hydrogen-bond donors (Lipinski definition) is 1. The van der Waals surface area contributed by atoms with Gasteiger partial charge < -0.3 is 19.2 Å². The van der Waals surface area contributed by atoms with Crippen molar-refractivity contribution < 1.29 is 18.7 Å². The van der Waals surface area contributed by atoms with Gasteiger partial charge in [-0.05, 0) is 67.6 Å². The zero-order valence-electron chi connectivity index (χ0n) is 17.9. The molecule has 0 radical (unpaired) electrons. The summed E-state index contributed by atoms with van der Waals surface area (Å²) in [4.78, 5) is 18.0. The molecule has 166 valence electrons. The number of thiazole rings is 1. The topological polar surface area (TPSA) is 73.6 Å². The van der Waals surface area contributed by atoms with Crippen molar-refractivity contribution in [1.82, 2.24) is 4.98 Å². The summed E-state index contributed by atoms with van der Waals surface area (Å²) in [5.41, 5.74) is 1.48. The molecule has 2 aromatic carbocycles. The van der Waals surface area contributed by atoms with Crippen molar-refractivity contribution in [3.63, 3.8) is 0 Å². The van der Waals surface area contributed by atoms with Gasteiger partial charge in [-0.3, -0.25) is 4.79 Å². The Kier molecular flexibility index (Phi) is 7.34. The molecule has 0 aliphatic rings. The van der Waals surface area contributed by atoms with E-state index in [1.54, 1.807) is 18.9 Å². The molecule has 0 fully saturated rings. The van der Waals surface area contributed by atoms with Crippen LogP contribution in [0.3, 0.4) is 0 Å². The van der Waals surface area contributed by atoms with Gasteiger partial charge in [-0.1, -0.05) is 0 Å². The van der Waals surface area contributed by atoms with Crippen LogP contribution in [0.15, 0.2) is 63.2 Å². The number of carbonyl (C=O) groups is 1. The van der Waals surface area contributed by atoms with Crippen LogP contribution in [0.5, 0.6) is 11.5 Å². The Hall–Kier alpha value is -2.97. The van der Waals surface area contributed by atoms with E-state index in [0.717, 1.165) is 39.5 Å². The Morgan fingerprint density at radius 3 is 2.75 bits per heavy atom. The quantitative estimate of drug-likeness (QED) is 0.212. The molecule has 0 atom stereocenters. The first-order valence-electron chi connectivity index (χ1n) is 10.3. The third kappa shape index (κ3) is 5.63. The van der Waals surface area contributed by atoms with Gasteiger partial charge in [0, 0.05) is 22.1 Å². The first kappa shape index (κ1) is 22.2. The van der Waals surface area contributed by atoms with E-state index in [-0.39, 0.29) is 5.91 Å². The summed E-state index contributed by atoms with van der Waals surface area (Å²) >= 11 is 3.11. The predicted octanol–water partition coefficient (Wildman–Crippen LogP) is 6.47. The zero-order chi connectivity index (χ0) is 22.3. The smallest absolute Gasteiger partial charge is 0.226 e. The average Bonchev–Trinajstić information content (AvgIpc) is 3.44. The summed E-state index contributed by atoms with van der Waals surface area (Å²) in [5.74, 6) is 3.15. The molecule has 2 heterocycles. The van der Waals surface area contributed by atoms with Crippen LogP contribution in [0.25, 0.3) is 22.4 Å². The van der Waals surface area contributed by atoms with Gasteiger partial charge in [-0.25, -0.2) is 4.98 Å². The summed E-state index contributed by atoms with van der Waals surface area (Å²) in [6.45, 7) is 2.57. The van der Waals surface area contributed by atoms with E-state index in [9.17, 15) is 4.79 Å². The fourth-order valence-electron chi connectivity index (χ4n) is 3.12. The second kappa shape index (κ2) is 10.6. The molecule has 4 aromatic rings. The van der Waals surface area contributed by atoms with Crippen molar-refractivity contribution in [3.05, 3.63) is 53.9 Å². The zero-order valence-corrected chi connectivity index (χ0v) is 19.6. The molecule has 6 nitrogen and oxygen atoms in total. The molecule has 0 aliphatic heterocycles. The Labute approximate surface area is 194 Å². The molecule has 0 unspecified atom stereocenters. The van der Waals surface area contributed by atoms with E-state index in [2.05, 4.69) is 10.3 Å². The highest BCUT2D eigenvalue weighted by molar-refractivity contribution is 7.99. The summed E-state index contributed by atoms with van der Waals surface area (Å²) < 4.78 is 16.6. The molecule has 8 heteroatoms. The maximum Gasteiger partial charge on any atom is 0.226 e. The van der Waals surface area contributed by atoms with Crippen LogP contribution in [0.1, 0.15) is 19.8 Å². The fourth-order valence-corrected chi connectivity index (χ4v) is 4.69. The highest BCUT2D eigenvalue weighted by Gasteiger charge is 2.12. The van der Waals surface area contributed by atoms with Crippen LogP contribution in [-0.2, 0) is 4.79 Å². The Balaban J connectivity index is 1.28. The van der Waals surface area contributed by atoms with Gasteiger partial charge in [0.25, 0.3) is 0 Å². The van der Waals surface area contributed by atoms with E-state index < -0.39 is 0 Å².